The molecule has 0 N–H and O–H groups in total. The average molecular weight is 1680 g/mol. The summed E-state index contributed by atoms with van der Waals surface area (Å²) in [6, 6.07) is 162. The van der Waals surface area contributed by atoms with E-state index >= 15 is 0 Å². The van der Waals surface area contributed by atoms with Crippen LogP contribution < -0.4 is 0 Å². The fourth-order valence-corrected chi connectivity index (χ4v) is 23.6. The van der Waals surface area contributed by atoms with E-state index in [4.69, 9.17) is 8.83 Å². The molecule has 2 heteroatoms. The van der Waals surface area contributed by atoms with E-state index in [0.29, 0.717) is 0 Å². The van der Waals surface area contributed by atoms with Gasteiger partial charge in [0.1, 0.15) is 22.3 Å². The van der Waals surface area contributed by atoms with Gasteiger partial charge in [-0.25, -0.2) is 0 Å². The zero-order valence-corrected chi connectivity index (χ0v) is 73.4. The highest BCUT2D eigenvalue weighted by molar-refractivity contribution is 6.26. The van der Waals surface area contributed by atoms with Crippen LogP contribution in [0, 0.1) is 0 Å². The molecule has 0 atom stereocenters. The van der Waals surface area contributed by atoms with Crippen molar-refractivity contribution < 1.29 is 8.83 Å². The molecular formula is C130H84O2. The van der Waals surface area contributed by atoms with Gasteiger partial charge in [-0.2, -0.15) is 0 Å². The Morgan fingerprint density at radius 1 is 0.144 bits per heavy atom. The zero-order valence-electron chi connectivity index (χ0n) is 73.4. The van der Waals surface area contributed by atoms with E-state index in [1.807, 2.05) is 0 Å². The van der Waals surface area contributed by atoms with E-state index in [-0.39, 0.29) is 10.8 Å². The maximum Gasteiger partial charge on any atom is 0.135 e. The Morgan fingerprint density at radius 2 is 0.409 bits per heavy atom. The van der Waals surface area contributed by atoms with Crippen LogP contribution in [0.4, 0.5) is 0 Å². The van der Waals surface area contributed by atoms with Crippen LogP contribution in [0.2, 0.25) is 0 Å². The van der Waals surface area contributed by atoms with Gasteiger partial charge in [-0.3, -0.25) is 0 Å². The summed E-state index contributed by atoms with van der Waals surface area (Å²) in [6.07, 6.45) is 0. The van der Waals surface area contributed by atoms with Crippen LogP contribution in [-0.4, -0.2) is 0 Å². The molecule has 26 aromatic rings. The first kappa shape index (κ1) is 75.6. The van der Waals surface area contributed by atoms with Gasteiger partial charge in [0.15, 0.2) is 0 Å². The lowest BCUT2D eigenvalue weighted by Gasteiger charge is -2.24. The van der Waals surface area contributed by atoms with Gasteiger partial charge in [0.25, 0.3) is 0 Å². The second kappa shape index (κ2) is 29.0. The lowest BCUT2D eigenvalue weighted by molar-refractivity contribution is 0.666. The first-order chi connectivity index (χ1) is 65.0. The van der Waals surface area contributed by atoms with E-state index in [9.17, 15) is 0 Å². The fraction of sp³-hybridized carbons (Fsp3) is 0.0462. The number of benzene rings is 24. The van der Waals surface area contributed by atoms with E-state index < -0.39 is 0 Å². The molecule has 28 rings (SSSR count). The van der Waals surface area contributed by atoms with Crippen molar-refractivity contribution in [3.05, 3.63) is 459 Å². The van der Waals surface area contributed by atoms with Crippen LogP contribution in [0.1, 0.15) is 49.9 Å². The number of hydrogen-bond donors (Lipinski definition) is 0. The smallest absolute Gasteiger partial charge is 0.135 e. The number of furan rings is 2. The Hall–Kier alpha value is -16.5. The minimum Gasteiger partial charge on any atom is -0.456 e. The summed E-state index contributed by atoms with van der Waals surface area (Å²) in [5.74, 6) is 0. The third-order valence-electron chi connectivity index (χ3n) is 29.6. The second-order valence-corrected chi connectivity index (χ2v) is 37.4. The van der Waals surface area contributed by atoms with Crippen LogP contribution in [-0.2, 0) is 10.8 Å². The molecule has 616 valence electrons. The summed E-state index contributed by atoms with van der Waals surface area (Å²) in [6.45, 7) is 9.57. The Labute approximate surface area is 763 Å². The molecule has 0 amide bonds. The molecule has 2 aliphatic rings. The van der Waals surface area contributed by atoms with E-state index in [1.165, 1.54) is 241 Å². The van der Waals surface area contributed by atoms with Gasteiger partial charge in [0, 0.05) is 32.4 Å². The Morgan fingerprint density at radius 3 is 0.841 bits per heavy atom. The molecule has 0 spiro atoms. The second-order valence-electron chi connectivity index (χ2n) is 37.4. The van der Waals surface area contributed by atoms with Crippen LogP contribution in [0.5, 0.6) is 0 Å². The van der Waals surface area contributed by atoms with Crippen molar-refractivity contribution >= 4 is 152 Å². The highest BCUT2D eigenvalue weighted by Gasteiger charge is 2.41. The van der Waals surface area contributed by atoms with E-state index in [2.05, 4.69) is 464 Å². The normalized spacial score (nSPS) is 13.1. The van der Waals surface area contributed by atoms with Crippen LogP contribution in [0.15, 0.2) is 446 Å². The summed E-state index contributed by atoms with van der Waals surface area (Å²) in [5.41, 5.74) is 33.8. The molecule has 0 aliphatic heterocycles. The largest absolute Gasteiger partial charge is 0.456 e. The Bertz CT molecular complexity index is 9350. The van der Waals surface area contributed by atoms with Gasteiger partial charge >= 0.3 is 0 Å². The van der Waals surface area contributed by atoms with Crippen molar-refractivity contribution in [1.29, 1.82) is 0 Å². The number of rotatable bonds is 8. The van der Waals surface area contributed by atoms with E-state index in [0.717, 1.165) is 43.9 Å². The van der Waals surface area contributed by atoms with Gasteiger partial charge in [-0.05, 0) is 314 Å². The van der Waals surface area contributed by atoms with Crippen LogP contribution >= 0.6 is 0 Å². The standard InChI is InChI=1S/2C65H42O/c1-65(2)58-33-30-42(37-57(58)63-49-19-7-5-17-47(49)48-18-6-12-24-54(48)64(63)65)43-31-34-59-55(36-43)56-38-44(32-35-60(56)66-59)62-52-22-10-8-20-50(52)61(51-21-9-11-23-53(51)62)41-28-26-40(27-29-41)46-25-13-15-39-14-3-4-16-45(39)46;1-65(2)58-31-28-43(37-57(58)63-49-20-7-5-18-47(49)48-19-6-12-25-54(48)64(63)65)44-29-32-59-55(36-44)56-38-46(30-33-60(56)66-59)62-52-23-10-8-21-50(52)61(51-22-9-11-24-53(51)62)45-17-13-16-41(35-45)42-27-26-39-14-3-4-15-40(39)34-42/h2*3-38H,1-2H3. The van der Waals surface area contributed by atoms with Gasteiger partial charge < -0.3 is 8.83 Å². The molecule has 0 bridgehead atoms. The number of fused-ring (bicyclic) bond motifs is 28. The quantitative estimate of drug-likeness (QED) is 0.112. The summed E-state index contributed by atoms with van der Waals surface area (Å²) < 4.78 is 13.2. The van der Waals surface area contributed by atoms with Crippen LogP contribution in [0.3, 0.4) is 0 Å². The maximum absolute atomic E-state index is 6.59. The predicted octanol–water partition coefficient (Wildman–Crippen LogP) is 36.7. The Balaban J connectivity index is 0.000000135. The summed E-state index contributed by atoms with van der Waals surface area (Å²) in [7, 11) is 0. The van der Waals surface area contributed by atoms with Gasteiger partial charge in [-0.15, -0.1) is 0 Å². The van der Waals surface area contributed by atoms with Crippen molar-refractivity contribution in [2.24, 2.45) is 0 Å². The monoisotopic (exact) mass is 1680 g/mol. The third-order valence-corrected chi connectivity index (χ3v) is 29.6. The number of hydrogen-bond acceptors (Lipinski definition) is 2. The van der Waals surface area contributed by atoms with Crippen molar-refractivity contribution in [3.63, 3.8) is 0 Å². The van der Waals surface area contributed by atoms with E-state index in [1.54, 1.807) is 0 Å². The minimum absolute atomic E-state index is 0.136. The molecule has 132 heavy (non-hydrogen) atoms. The molecule has 24 aromatic carbocycles. The van der Waals surface area contributed by atoms with Crippen molar-refractivity contribution in [1.82, 2.24) is 0 Å². The van der Waals surface area contributed by atoms with Crippen LogP contribution in [0.25, 0.3) is 263 Å². The summed E-state index contributed by atoms with van der Waals surface area (Å²) >= 11 is 0. The molecule has 0 saturated carbocycles. The molecule has 0 fully saturated rings. The molecular weight excluding hydrogens is 1590 g/mol. The molecule has 0 saturated heterocycles. The van der Waals surface area contributed by atoms with Crippen molar-refractivity contribution in [2.75, 3.05) is 0 Å². The maximum atomic E-state index is 6.59. The first-order valence-corrected chi connectivity index (χ1v) is 46.1. The lowest BCUT2D eigenvalue weighted by atomic mass is 9.79. The topological polar surface area (TPSA) is 26.3 Å². The fourth-order valence-electron chi connectivity index (χ4n) is 23.6. The van der Waals surface area contributed by atoms with Gasteiger partial charge in [-0.1, -0.05) is 392 Å². The molecule has 0 unspecified atom stereocenters. The molecule has 2 heterocycles. The molecule has 2 nitrogen and oxygen atoms in total. The highest BCUT2D eigenvalue weighted by atomic mass is 16.3. The minimum atomic E-state index is -0.136. The van der Waals surface area contributed by atoms with Gasteiger partial charge in [0.05, 0.1) is 0 Å². The summed E-state index contributed by atoms with van der Waals surface area (Å²) in [4.78, 5) is 0. The highest BCUT2D eigenvalue weighted by Crippen LogP contribution is 2.59. The van der Waals surface area contributed by atoms with Gasteiger partial charge in [0.2, 0.25) is 0 Å². The Kier molecular flexibility index (Phi) is 16.6. The van der Waals surface area contributed by atoms with Crippen molar-refractivity contribution in [3.8, 4) is 111 Å². The lowest BCUT2D eigenvalue weighted by Crippen LogP contribution is -2.15. The predicted molar refractivity (Wildman–Crippen MR) is 561 cm³/mol. The molecule has 0 radical (unpaired) electrons. The SMILES string of the molecule is CC1(C)c2ccc(-c3ccc4oc5ccc(-c6c7ccccc7c(-c7ccc(-c8cccc9ccccc89)cc7)c7ccccc67)cc5c4c3)cc2-c2c1c1ccccc1c1ccccc21.CC1(C)c2ccc(-c3ccc4oc5ccc(-c6c7ccccc7c(-c7cccc(-c8ccc9ccccc9c8)c7)c7ccccc67)cc5c4c3)cc2-c2c1c1ccccc1c1ccccc21. The average Bonchev–Trinajstić information content (AvgIpc) is 1.54. The molecule has 2 aromatic heterocycles. The third kappa shape index (κ3) is 11.4. The molecule has 2 aliphatic carbocycles. The van der Waals surface area contributed by atoms with Crippen molar-refractivity contribution in [2.45, 2.75) is 38.5 Å². The summed E-state index contributed by atoms with van der Waals surface area (Å²) in [5, 5.41) is 30.0. The first-order valence-electron chi connectivity index (χ1n) is 46.1. The zero-order chi connectivity index (χ0) is 87.3.